The molecule has 83 valence electrons. The number of benzene rings is 2. The van der Waals surface area contributed by atoms with Gasteiger partial charge in [-0.1, -0.05) is 18.2 Å². The number of hydrogen-bond acceptors (Lipinski definition) is 2. The summed E-state index contributed by atoms with van der Waals surface area (Å²) in [6, 6.07) is 16.1. The molecule has 0 aromatic heterocycles. The summed E-state index contributed by atoms with van der Waals surface area (Å²) >= 11 is 0. The lowest BCUT2D eigenvalue weighted by molar-refractivity contribution is 0.300. The number of nitrogens with zero attached hydrogens (tertiary/aromatic N) is 1. The lowest BCUT2D eigenvalue weighted by Gasteiger charge is -2.06. The molecule has 0 amide bonds. The molecule has 0 fully saturated rings. The monoisotopic (exact) mass is 226 g/mol. The van der Waals surface area contributed by atoms with Crippen LogP contribution in [0.4, 0.5) is 4.39 Å². The summed E-state index contributed by atoms with van der Waals surface area (Å²) in [7, 11) is 0. The Balaban J connectivity index is 2.08. The van der Waals surface area contributed by atoms with Gasteiger partial charge in [0.2, 0.25) is 0 Å². The maximum absolute atomic E-state index is 13.5. The summed E-state index contributed by atoms with van der Waals surface area (Å²) in [4.78, 5) is 0. The third kappa shape index (κ3) is 2.82. The van der Waals surface area contributed by atoms with Crippen molar-refractivity contribution in [1.29, 1.82) is 5.26 Å². The SMILES string of the molecule is N#Cc1ccc(COc2c[c]ccc2)c(F)c1. The molecule has 2 aromatic carbocycles. The first-order chi connectivity index (χ1) is 8.29. The smallest absolute Gasteiger partial charge is 0.131 e. The maximum Gasteiger partial charge on any atom is 0.131 e. The van der Waals surface area contributed by atoms with Crippen molar-refractivity contribution in [2.24, 2.45) is 0 Å². The van der Waals surface area contributed by atoms with Crippen LogP contribution in [0.2, 0.25) is 0 Å². The van der Waals surface area contributed by atoms with Gasteiger partial charge < -0.3 is 4.74 Å². The van der Waals surface area contributed by atoms with Crippen LogP contribution in [0.1, 0.15) is 11.1 Å². The van der Waals surface area contributed by atoms with Crippen molar-refractivity contribution >= 4 is 0 Å². The van der Waals surface area contributed by atoms with E-state index in [0.717, 1.165) is 0 Å². The summed E-state index contributed by atoms with van der Waals surface area (Å²) in [5.74, 6) is 0.209. The number of nitriles is 1. The van der Waals surface area contributed by atoms with Crippen molar-refractivity contribution in [3.05, 3.63) is 65.5 Å². The van der Waals surface area contributed by atoms with Gasteiger partial charge in [0.25, 0.3) is 0 Å². The number of ether oxygens (including phenoxy) is 1. The minimum absolute atomic E-state index is 0.134. The third-order valence-corrected chi connectivity index (χ3v) is 2.26. The molecule has 3 heteroatoms. The van der Waals surface area contributed by atoms with Gasteiger partial charge in [0, 0.05) is 5.56 Å². The van der Waals surface area contributed by atoms with Crippen molar-refractivity contribution in [3.63, 3.8) is 0 Å². The molecule has 1 radical (unpaired) electrons. The minimum Gasteiger partial charge on any atom is -0.489 e. The average Bonchev–Trinajstić information content (AvgIpc) is 2.38. The molecule has 2 rings (SSSR count). The van der Waals surface area contributed by atoms with Gasteiger partial charge in [-0.3, -0.25) is 0 Å². The van der Waals surface area contributed by atoms with E-state index in [-0.39, 0.29) is 6.61 Å². The van der Waals surface area contributed by atoms with Crippen LogP contribution in [0.15, 0.2) is 42.5 Å². The molecule has 17 heavy (non-hydrogen) atoms. The van der Waals surface area contributed by atoms with Crippen LogP contribution in [0.3, 0.4) is 0 Å². The second-order valence-electron chi connectivity index (χ2n) is 3.45. The van der Waals surface area contributed by atoms with Crippen LogP contribution in [-0.4, -0.2) is 0 Å². The van der Waals surface area contributed by atoms with Crippen molar-refractivity contribution in [1.82, 2.24) is 0 Å². The molecule has 0 spiro atoms. The Labute approximate surface area is 98.9 Å². The highest BCUT2D eigenvalue weighted by Gasteiger charge is 2.04. The number of rotatable bonds is 3. The van der Waals surface area contributed by atoms with Gasteiger partial charge in [0.1, 0.15) is 18.2 Å². The Kier molecular flexibility index (Phi) is 3.37. The largest absolute Gasteiger partial charge is 0.489 e. The quantitative estimate of drug-likeness (QED) is 0.805. The predicted octanol–water partition coefficient (Wildman–Crippen LogP) is 3.08. The van der Waals surface area contributed by atoms with Crippen molar-refractivity contribution in [3.8, 4) is 11.8 Å². The summed E-state index contributed by atoms with van der Waals surface area (Å²) in [6.45, 7) is 0.134. The highest BCUT2D eigenvalue weighted by Crippen LogP contribution is 2.14. The zero-order chi connectivity index (χ0) is 12.1. The fraction of sp³-hybridized carbons (Fsp3) is 0.0714. The van der Waals surface area contributed by atoms with Crippen LogP contribution < -0.4 is 4.74 Å². The minimum atomic E-state index is -0.427. The van der Waals surface area contributed by atoms with E-state index in [0.29, 0.717) is 16.9 Å². The normalized spacial score (nSPS) is 9.65. The van der Waals surface area contributed by atoms with Crippen LogP contribution in [0.5, 0.6) is 5.75 Å². The van der Waals surface area contributed by atoms with Crippen LogP contribution in [0.25, 0.3) is 0 Å². The molecule has 0 aliphatic carbocycles. The Hall–Kier alpha value is -2.34. The maximum atomic E-state index is 13.5. The zero-order valence-electron chi connectivity index (χ0n) is 8.98. The van der Waals surface area contributed by atoms with E-state index < -0.39 is 5.82 Å². The molecule has 2 aromatic rings. The van der Waals surface area contributed by atoms with Crippen molar-refractivity contribution < 1.29 is 9.13 Å². The van der Waals surface area contributed by atoms with Gasteiger partial charge >= 0.3 is 0 Å². The predicted molar refractivity (Wildman–Crippen MR) is 60.7 cm³/mol. The van der Waals surface area contributed by atoms with Crippen molar-refractivity contribution in [2.75, 3.05) is 0 Å². The molecular weight excluding hydrogens is 217 g/mol. The Morgan fingerprint density at radius 3 is 2.88 bits per heavy atom. The Morgan fingerprint density at radius 2 is 2.24 bits per heavy atom. The van der Waals surface area contributed by atoms with E-state index in [4.69, 9.17) is 10.00 Å². The molecule has 2 nitrogen and oxygen atoms in total. The Bertz CT molecular complexity index is 546. The number of hydrogen-bond donors (Lipinski definition) is 0. The van der Waals surface area contributed by atoms with E-state index in [1.807, 2.05) is 6.07 Å². The van der Waals surface area contributed by atoms with Crippen molar-refractivity contribution in [2.45, 2.75) is 6.61 Å². The van der Waals surface area contributed by atoms with Gasteiger partial charge in [0.05, 0.1) is 11.6 Å². The Morgan fingerprint density at radius 1 is 1.35 bits per heavy atom. The van der Waals surface area contributed by atoms with E-state index in [2.05, 4.69) is 6.07 Å². The van der Waals surface area contributed by atoms with E-state index in [9.17, 15) is 4.39 Å². The molecular formula is C14H9FNO. The standard InChI is InChI=1S/C14H9FNO/c15-14-8-11(9-16)6-7-12(14)10-17-13-4-2-1-3-5-13/h1-2,4-8H,10H2. The topological polar surface area (TPSA) is 33.0 Å². The third-order valence-electron chi connectivity index (χ3n) is 2.26. The molecule has 0 atom stereocenters. The van der Waals surface area contributed by atoms with Crippen LogP contribution >= 0.6 is 0 Å². The molecule has 0 aliphatic rings. The molecule has 0 saturated carbocycles. The number of halogens is 1. The fourth-order valence-electron chi connectivity index (χ4n) is 1.36. The first kappa shape index (κ1) is 11.2. The zero-order valence-corrected chi connectivity index (χ0v) is 8.98. The molecule has 0 saturated heterocycles. The highest BCUT2D eigenvalue weighted by molar-refractivity contribution is 5.33. The molecule has 0 unspecified atom stereocenters. The molecule has 0 heterocycles. The second kappa shape index (κ2) is 5.13. The first-order valence-corrected chi connectivity index (χ1v) is 5.07. The highest BCUT2D eigenvalue weighted by atomic mass is 19.1. The summed E-state index contributed by atoms with van der Waals surface area (Å²) in [5, 5.41) is 8.61. The molecule has 0 bridgehead atoms. The fourth-order valence-corrected chi connectivity index (χ4v) is 1.36. The summed E-state index contributed by atoms with van der Waals surface area (Å²) < 4.78 is 18.9. The average molecular weight is 226 g/mol. The summed E-state index contributed by atoms with van der Waals surface area (Å²) in [5.41, 5.74) is 0.729. The van der Waals surface area contributed by atoms with Crippen LogP contribution in [0, 0.1) is 23.2 Å². The van der Waals surface area contributed by atoms with Gasteiger partial charge in [-0.15, -0.1) is 0 Å². The molecule has 0 N–H and O–H groups in total. The van der Waals surface area contributed by atoms with Gasteiger partial charge in [-0.25, -0.2) is 4.39 Å². The first-order valence-electron chi connectivity index (χ1n) is 5.07. The molecule has 0 aliphatic heterocycles. The van der Waals surface area contributed by atoms with Crippen LogP contribution in [-0.2, 0) is 6.61 Å². The van der Waals surface area contributed by atoms with Gasteiger partial charge in [-0.05, 0) is 30.3 Å². The van der Waals surface area contributed by atoms with Gasteiger partial charge in [0.15, 0.2) is 0 Å². The van der Waals surface area contributed by atoms with E-state index in [1.165, 1.54) is 6.07 Å². The second-order valence-corrected chi connectivity index (χ2v) is 3.45. The lowest BCUT2D eigenvalue weighted by Crippen LogP contribution is -1.98. The van der Waals surface area contributed by atoms with E-state index >= 15 is 0 Å². The van der Waals surface area contributed by atoms with Gasteiger partial charge in [-0.2, -0.15) is 5.26 Å². The van der Waals surface area contributed by atoms with E-state index in [1.54, 1.807) is 36.4 Å². The summed E-state index contributed by atoms with van der Waals surface area (Å²) in [6.07, 6.45) is 0. The lowest BCUT2D eigenvalue weighted by atomic mass is 10.1.